The van der Waals surface area contributed by atoms with Gasteiger partial charge in [0.25, 0.3) is 0 Å². The minimum Gasteiger partial charge on any atom is -0.413 e. The second-order valence-electron chi connectivity index (χ2n) is 15.5. The second-order valence-corrected chi connectivity index (χ2v) is 21.6. The van der Waals surface area contributed by atoms with Crippen LogP contribution in [-0.4, -0.2) is 58.0 Å². The second kappa shape index (κ2) is 20.6. The number of para-hydroxylation sites is 6. The Bertz CT molecular complexity index is 2430. The predicted octanol–water partition coefficient (Wildman–Crippen LogP) is 12.1. The van der Waals surface area contributed by atoms with Crippen molar-refractivity contribution < 1.29 is 55.6 Å². The van der Waals surface area contributed by atoms with Gasteiger partial charge in [0.2, 0.25) is 0 Å². The molecule has 0 radical (unpaired) electrons. The molecule has 0 N–H and O–H groups in total. The molecular weight excluding hydrogens is 903 g/mol. The van der Waals surface area contributed by atoms with E-state index in [4.69, 9.17) is 69.1 Å². The molecule has 342 valence electrons. The van der Waals surface area contributed by atoms with Crippen molar-refractivity contribution in [2.24, 2.45) is 13.5 Å². The number of nitrogens with zero attached hydrogens (tertiary/aromatic N) is 3. The fourth-order valence-electron chi connectivity index (χ4n) is 6.53. The molecule has 4 aliphatic rings. The zero-order valence-corrected chi connectivity index (χ0v) is 38.5. The number of epoxide rings is 3. The van der Waals surface area contributed by atoms with E-state index in [9.17, 15) is 0 Å². The highest BCUT2D eigenvalue weighted by Gasteiger charge is 2.49. The Balaban J connectivity index is 1.20. The summed E-state index contributed by atoms with van der Waals surface area (Å²) in [6.07, 6.45) is 0.179. The Hall–Kier alpha value is -5.43. The fourth-order valence-corrected chi connectivity index (χ4v) is 15.7. The lowest BCUT2D eigenvalue weighted by Gasteiger charge is -2.33. The lowest BCUT2D eigenvalue weighted by atomic mass is 10.2. The average Bonchev–Trinajstić information content (AvgIpc) is 4.16. The summed E-state index contributed by atoms with van der Waals surface area (Å²) in [7, 11) is -12.6. The van der Waals surface area contributed by atoms with Crippen molar-refractivity contribution in [2.45, 2.75) is 38.1 Å². The van der Waals surface area contributed by atoms with E-state index in [1.54, 1.807) is 36.4 Å². The first-order valence-electron chi connectivity index (χ1n) is 21.5. The molecule has 0 amide bonds. The van der Waals surface area contributed by atoms with Gasteiger partial charge in [-0.05, 0) is 54.6 Å². The number of rotatable bonds is 24. The molecule has 66 heavy (non-hydrogen) atoms. The van der Waals surface area contributed by atoms with Gasteiger partial charge in [0.15, 0.2) is 0 Å². The molecular formula is C48H48N3O12P3. The molecule has 6 aromatic carbocycles. The highest BCUT2D eigenvalue weighted by molar-refractivity contribution is 7.79. The first kappa shape index (κ1) is 44.4. The van der Waals surface area contributed by atoms with Crippen molar-refractivity contribution in [3.05, 3.63) is 180 Å². The first-order chi connectivity index (χ1) is 32.5. The summed E-state index contributed by atoms with van der Waals surface area (Å²) in [6, 6.07) is 50.1. The number of hydrogen-bond donors (Lipinski definition) is 0. The Kier molecular flexibility index (Phi) is 13.9. The van der Waals surface area contributed by atoms with Gasteiger partial charge in [-0.2, -0.15) is 0 Å². The standard InChI is InChI=1S/C48H48N3O12P3/c1-4-19-40(20-5-1)58-64(61-46-25-13-10-16-37(46)28-52-31-43-34-55-43)49-65(59-41-21-6-2-7-22-41,62-47-26-14-11-17-38(47)29-53-32-44-35-56-44)51-66(50-64,60-42-23-8-3-9-24-42)63-48-27-15-12-18-39(48)30-54-33-45-36-57-45/h1-27,43-45H,28-36H2. The van der Waals surface area contributed by atoms with Crippen LogP contribution in [0.1, 0.15) is 16.7 Å². The molecule has 3 fully saturated rings. The molecule has 0 saturated carbocycles. The van der Waals surface area contributed by atoms with E-state index in [2.05, 4.69) is 0 Å². The maximum atomic E-state index is 7.21. The van der Waals surface area contributed by atoms with Gasteiger partial charge < -0.3 is 55.6 Å². The van der Waals surface area contributed by atoms with Crippen LogP contribution in [0.5, 0.6) is 34.5 Å². The van der Waals surface area contributed by atoms with Crippen LogP contribution in [0.4, 0.5) is 0 Å². The van der Waals surface area contributed by atoms with Crippen LogP contribution in [-0.2, 0) is 48.2 Å². The van der Waals surface area contributed by atoms with Gasteiger partial charge in [-0.3, -0.25) is 0 Å². The van der Waals surface area contributed by atoms with E-state index in [-0.39, 0.29) is 38.1 Å². The quantitative estimate of drug-likeness (QED) is 0.0418. The lowest BCUT2D eigenvalue weighted by molar-refractivity contribution is 0.103. The predicted molar refractivity (Wildman–Crippen MR) is 249 cm³/mol. The van der Waals surface area contributed by atoms with Crippen molar-refractivity contribution in [1.82, 2.24) is 0 Å². The third-order valence-corrected chi connectivity index (χ3v) is 18.1. The molecule has 0 aromatic heterocycles. The van der Waals surface area contributed by atoms with E-state index in [0.29, 0.717) is 90.8 Å². The highest BCUT2D eigenvalue weighted by Crippen LogP contribution is 2.79. The van der Waals surface area contributed by atoms with E-state index in [0.717, 1.165) is 0 Å². The van der Waals surface area contributed by atoms with Crippen molar-refractivity contribution in [2.75, 3.05) is 39.6 Å². The van der Waals surface area contributed by atoms with Gasteiger partial charge in [-0.25, -0.2) is 0 Å². The molecule has 0 spiro atoms. The smallest absolute Gasteiger partial charge is 0.413 e. The van der Waals surface area contributed by atoms with Gasteiger partial charge in [0.1, 0.15) is 52.8 Å². The van der Waals surface area contributed by atoms with Crippen LogP contribution in [0.2, 0.25) is 0 Å². The SMILES string of the molecule is c1ccc(OP2(Oc3ccccc3COCC3CO3)=NP(Oc3ccccc3)(Oc3ccccc3COCC3CO3)=NP(Oc3ccccc3)(Oc3ccccc3COCC3CO3)=N2)cc1. The Morgan fingerprint density at radius 2 is 0.606 bits per heavy atom. The number of hydrogen-bond acceptors (Lipinski definition) is 15. The molecule has 3 unspecified atom stereocenters. The minimum atomic E-state index is -4.19. The van der Waals surface area contributed by atoms with Crippen LogP contribution in [0.3, 0.4) is 0 Å². The molecule has 18 heteroatoms. The first-order valence-corrected chi connectivity index (χ1v) is 26.1. The molecule has 0 aliphatic carbocycles. The largest absolute Gasteiger partial charge is 0.460 e. The summed E-state index contributed by atoms with van der Waals surface area (Å²) in [5.41, 5.74) is 2.15. The summed E-state index contributed by atoms with van der Waals surface area (Å²) >= 11 is 0. The van der Waals surface area contributed by atoms with Crippen molar-refractivity contribution in [3.63, 3.8) is 0 Å². The molecule has 15 nitrogen and oxygen atoms in total. The van der Waals surface area contributed by atoms with Gasteiger partial charge >= 0.3 is 23.0 Å². The third-order valence-electron chi connectivity index (χ3n) is 10.0. The van der Waals surface area contributed by atoms with E-state index in [1.165, 1.54) is 0 Å². The van der Waals surface area contributed by atoms with E-state index in [1.807, 2.05) is 127 Å². The zero-order valence-electron chi connectivity index (χ0n) is 35.8. The van der Waals surface area contributed by atoms with E-state index < -0.39 is 23.0 Å². The van der Waals surface area contributed by atoms with Gasteiger partial charge in [0, 0.05) is 16.7 Å². The Labute approximate surface area is 383 Å². The van der Waals surface area contributed by atoms with Crippen LogP contribution in [0.25, 0.3) is 0 Å². The minimum absolute atomic E-state index is 0.0596. The normalized spacial score (nSPS) is 24.6. The third kappa shape index (κ3) is 12.1. The zero-order chi connectivity index (χ0) is 44.5. The fraction of sp³-hybridized carbons (Fsp3) is 0.250. The summed E-state index contributed by atoms with van der Waals surface area (Å²) in [6.45, 7) is 3.89. The van der Waals surface area contributed by atoms with Crippen molar-refractivity contribution in [3.8, 4) is 34.5 Å². The summed E-state index contributed by atoms with van der Waals surface area (Å²) in [4.78, 5) is 0. The monoisotopic (exact) mass is 951 g/mol. The molecule has 4 heterocycles. The molecule has 10 rings (SSSR count). The molecule has 6 aromatic rings. The number of ether oxygens (including phenoxy) is 6. The Morgan fingerprint density at radius 3 is 0.879 bits per heavy atom. The van der Waals surface area contributed by atoms with Gasteiger partial charge in [0.05, 0.1) is 59.5 Å². The Morgan fingerprint density at radius 1 is 0.348 bits per heavy atom. The molecule has 4 aliphatic heterocycles. The molecule has 0 bridgehead atoms. The van der Waals surface area contributed by atoms with E-state index >= 15 is 0 Å². The van der Waals surface area contributed by atoms with Crippen LogP contribution < -0.4 is 27.1 Å². The van der Waals surface area contributed by atoms with Crippen molar-refractivity contribution >= 4 is 23.0 Å². The van der Waals surface area contributed by atoms with Crippen LogP contribution in [0.15, 0.2) is 177 Å². The maximum Gasteiger partial charge on any atom is 0.460 e. The highest BCUT2D eigenvalue weighted by atomic mass is 31.3. The molecule has 3 saturated heterocycles. The van der Waals surface area contributed by atoms with Crippen LogP contribution in [0, 0.1) is 0 Å². The molecule has 3 atom stereocenters. The average molecular weight is 952 g/mol. The maximum absolute atomic E-state index is 7.21. The summed E-state index contributed by atoms with van der Waals surface area (Å²) in [5, 5.41) is 0. The number of benzene rings is 6. The van der Waals surface area contributed by atoms with Crippen molar-refractivity contribution in [1.29, 1.82) is 0 Å². The van der Waals surface area contributed by atoms with Gasteiger partial charge in [-0.1, -0.05) is 123 Å². The van der Waals surface area contributed by atoms with Crippen LogP contribution >= 0.6 is 23.0 Å². The topological polar surface area (TPSA) is 158 Å². The summed E-state index contributed by atoms with van der Waals surface area (Å²) < 4.78 is 93.7. The summed E-state index contributed by atoms with van der Waals surface area (Å²) in [5.74, 6) is 2.41. The van der Waals surface area contributed by atoms with Gasteiger partial charge in [-0.15, -0.1) is 0 Å². The lowest BCUT2D eigenvalue weighted by Crippen LogP contribution is -2.13.